The van der Waals surface area contributed by atoms with E-state index in [0.717, 1.165) is 5.56 Å². The zero-order chi connectivity index (χ0) is 21.6. The van der Waals surface area contributed by atoms with Crippen molar-refractivity contribution in [1.29, 1.82) is 0 Å². The van der Waals surface area contributed by atoms with E-state index >= 15 is 0 Å². The number of hydrogen-bond acceptors (Lipinski definition) is 6. The first-order chi connectivity index (χ1) is 13.6. The van der Waals surface area contributed by atoms with Crippen LogP contribution in [0.3, 0.4) is 0 Å². The fraction of sp³-hybridized carbons (Fsp3) is 0.0588. The van der Waals surface area contributed by atoms with Gasteiger partial charge in [-0.3, -0.25) is 14.6 Å². The van der Waals surface area contributed by atoms with Crippen LogP contribution in [0.2, 0.25) is 0 Å². The molecule has 2 aromatic rings. The third kappa shape index (κ3) is 5.96. The minimum atomic E-state index is -4.02. The smallest absolute Gasteiger partial charge is 0.294 e. The predicted molar refractivity (Wildman–Crippen MR) is 103 cm³/mol. The van der Waals surface area contributed by atoms with Gasteiger partial charge in [-0.15, -0.1) is 10.2 Å². The van der Waals surface area contributed by atoms with Gasteiger partial charge in [0.2, 0.25) is 5.96 Å². The molecule has 1 aliphatic rings. The number of guanidine groups is 1. The van der Waals surface area contributed by atoms with E-state index in [0.29, 0.717) is 11.3 Å². The number of nitrogens with two attached hydrogens (primary N) is 1. The Morgan fingerprint density at radius 3 is 2.48 bits per heavy atom. The van der Waals surface area contributed by atoms with Gasteiger partial charge < -0.3 is 11.1 Å². The van der Waals surface area contributed by atoms with E-state index in [2.05, 4.69) is 21.4 Å². The summed E-state index contributed by atoms with van der Waals surface area (Å²) in [6, 6.07) is 9.83. The number of fused-ring (bicyclic) bond motifs is 1. The molecule has 0 fully saturated rings. The SMILES string of the molecule is Cc1ccc(S(=O)(=O)O)cc1.NC(=NN=C=C1C(=O)Nc2ccc(F)cc21)NO. The molecule has 0 saturated carbocycles. The van der Waals surface area contributed by atoms with Crippen molar-refractivity contribution in [2.24, 2.45) is 15.9 Å². The Kier molecular flexibility index (Phi) is 6.80. The molecule has 0 saturated heterocycles. The molecule has 1 amide bonds. The highest BCUT2D eigenvalue weighted by molar-refractivity contribution is 7.85. The molecule has 0 bridgehead atoms. The highest BCUT2D eigenvalue weighted by Gasteiger charge is 2.24. The van der Waals surface area contributed by atoms with E-state index in [1.165, 1.54) is 30.3 Å². The highest BCUT2D eigenvalue weighted by Crippen LogP contribution is 2.30. The number of rotatable bonds is 2. The Labute approximate surface area is 165 Å². The number of aryl methyl sites for hydroxylation is 1. The van der Waals surface area contributed by atoms with Crippen LogP contribution in [-0.4, -0.2) is 35.9 Å². The molecule has 0 atom stereocenters. The summed E-state index contributed by atoms with van der Waals surface area (Å²) in [5.74, 6) is 1.01. The third-order valence-corrected chi connectivity index (χ3v) is 4.35. The molecule has 1 heterocycles. The molecule has 3 rings (SSSR count). The Balaban J connectivity index is 0.000000234. The zero-order valence-corrected chi connectivity index (χ0v) is 15.7. The molecule has 0 aliphatic carbocycles. The molecule has 152 valence electrons. The number of anilines is 1. The fourth-order valence-electron chi connectivity index (χ4n) is 2.11. The minimum absolute atomic E-state index is 0.0407. The fourth-order valence-corrected chi connectivity index (χ4v) is 2.59. The molecule has 0 radical (unpaired) electrons. The predicted octanol–water partition coefficient (Wildman–Crippen LogP) is 1.28. The summed E-state index contributed by atoms with van der Waals surface area (Å²) in [5.41, 5.74) is 8.46. The molecular formula is C17H16FN5O5S. The number of nitrogens with one attached hydrogen (secondary N) is 2. The lowest BCUT2D eigenvalue weighted by Gasteiger charge is -1.95. The van der Waals surface area contributed by atoms with Gasteiger partial charge in [0, 0.05) is 11.4 Å². The van der Waals surface area contributed by atoms with Crippen molar-refractivity contribution in [3.8, 4) is 0 Å². The zero-order valence-electron chi connectivity index (χ0n) is 14.9. The number of carbonyl (C=O) groups excluding carboxylic acids is 1. The van der Waals surface area contributed by atoms with Crippen LogP contribution in [-0.2, 0) is 14.9 Å². The molecule has 10 nitrogen and oxygen atoms in total. The van der Waals surface area contributed by atoms with E-state index in [1.807, 2.05) is 6.92 Å². The van der Waals surface area contributed by atoms with Crippen LogP contribution < -0.4 is 16.5 Å². The van der Waals surface area contributed by atoms with Crippen LogP contribution in [0.5, 0.6) is 0 Å². The van der Waals surface area contributed by atoms with E-state index in [4.69, 9.17) is 15.5 Å². The van der Waals surface area contributed by atoms with Crippen LogP contribution in [0, 0.1) is 12.7 Å². The average molecular weight is 421 g/mol. The van der Waals surface area contributed by atoms with Crippen molar-refractivity contribution in [2.45, 2.75) is 11.8 Å². The lowest BCUT2D eigenvalue weighted by Crippen LogP contribution is -2.27. The van der Waals surface area contributed by atoms with Crippen molar-refractivity contribution in [1.82, 2.24) is 5.48 Å². The Morgan fingerprint density at radius 2 is 1.90 bits per heavy atom. The van der Waals surface area contributed by atoms with Crippen molar-refractivity contribution in [3.63, 3.8) is 0 Å². The van der Waals surface area contributed by atoms with E-state index in [9.17, 15) is 17.6 Å². The van der Waals surface area contributed by atoms with Gasteiger partial charge in [-0.25, -0.2) is 9.87 Å². The molecule has 12 heteroatoms. The topological polar surface area (TPSA) is 166 Å². The van der Waals surface area contributed by atoms with Crippen LogP contribution in [0.4, 0.5) is 10.1 Å². The second kappa shape index (κ2) is 9.08. The van der Waals surface area contributed by atoms with Gasteiger partial charge >= 0.3 is 0 Å². The summed E-state index contributed by atoms with van der Waals surface area (Å²) in [7, 11) is -4.02. The van der Waals surface area contributed by atoms with Gasteiger partial charge in [0.05, 0.1) is 10.6 Å². The Bertz CT molecular complexity index is 1120. The molecule has 0 aromatic heterocycles. The molecule has 0 unspecified atom stereocenters. The maximum absolute atomic E-state index is 13.1. The first kappa shape index (κ1) is 21.7. The average Bonchev–Trinajstić information content (AvgIpc) is 2.96. The normalized spacial score (nSPS) is 12.9. The monoisotopic (exact) mass is 421 g/mol. The van der Waals surface area contributed by atoms with Crippen molar-refractivity contribution >= 4 is 39.1 Å². The lowest BCUT2D eigenvalue weighted by molar-refractivity contribution is -0.110. The molecule has 1 aliphatic heterocycles. The summed E-state index contributed by atoms with van der Waals surface area (Å²) in [6.07, 6.45) is 0. The van der Waals surface area contributed by atoms with E-state index < -0.39 is 21.8 Å². The summed E-state index contributed by atoms with van der Waals surface area (Å²) in [6.45, 7) is 1.84. The van der Waals surface area contributed by atoms with E-state index in [1.54, 1.807) is 17.6 Å². The van der Waals surface area contributed by atoms with Crippen molar-refractivity contribution in [2.75, 3.05) is 5.32 Å². The van der Waals surface area contributed by atoms with Crippen LogP contribution in [0.15, 0.2) is 57.6 Å². The first-order valence-electron chi connectivity index (χ1n) is 7.83. The number of nitrogens with zero attached hydrogens (tertiary/aromatic N) is 2. The number of carbonyl (C=O) groups is 1. The number of amides is 1. The number of halogens is 1. The van der Waals surface area contributed by atoms with Crippen LogP contribution >= 0.6 is 0 Å². The largest absolute Gasteiger partial charge is 0.367 e. The number of hydrogen-bond donors (Lipinski definition) is 5. The maximum atomic E-state index is 13.1. The van der Waals surface area contributed by atoms with Crippen LogP contribution in [0.25, 0.3) is 5.57 Å². The molecule has 0 spiro atoms. The Hall–Kier alpha value is -3.57. The van der Waals surface area contributed by atoms with Gasteiger partial charge in [-0.2, -0.15) is 8.42 Å². The third-order valence-electron chi connectivity index (χ3n) is 3.48. The summed E-state index contributed by atoms with van der Waals surface area (Å²) < 4.78 is 42.6. The highest BCUT2D eigenvalue weighted by atomic mass is 32.2. The molecular weight excluding hydrogens is 405 g/mol. The van der Waals surface area contributed by atoms with Crippen LogP contribution in [0.1, 0.15) is 11.1 Å². The van der Waals surface area contributed by atoms with Crippen molar-refractivity contribution < 1.29 is 27.4 Å². The first-order valence-corrected chi connectivity index (χ1v) is 9.27. The summed E-state index contributed by atoms with van der Waals surface area (Å²) in [4.78, 5) is 11.5. The van der Waals surface area contributed by atoms with Gasteiger partial charge in [-0.05, 0) is 37.3 Å². The number of hydroxylamine groups is 1. The summed E-state index contributed by atoms with van der Waals surface area (Å²) >= 11 is 0. The number of benzene rings is 2. The maximum Gasteiger partial charge on any atom is 0.294 e. The van der Waals surface area contributed by atoms with Crippen molar-refractivity contribution in [3.05, 3.63) is 59.4 Å². The van der Waals surface area contributed by atoms with Gasteiger partial charge in [-0.1, -0.05) is 17.7 Å². The van der Waals surface area contributed by atoms with Gasteiger partial charge in [0.1, 0.15) is 11.4 Å². The van der Waals surface area contributed by atoms with Gasteiger partial charge in [0.15, 0.2) is 0 Å². The molecule has 29 heavy (non-hydrogen) atoms. The quantitative estimate of drug-likeness (QED) is 0.160. The standard InChI is InChI=1S/C10H8FN5O2.C7H8O3S/c11-5-1-2-8-6(3-5)7(9(17)14-8)4-13-15-10(12)16-18;1-6-2-4-7(5-3-6)11(8,9)10/h1-3,18H,(H,14,17)(H3,12,15,16);2-5H,1H3,(H,8,9,10). The molecule has 6 N–H and O–H groups in total. The molecule has 2 aromatic carbocycles. The van der Waals surface area contributed by atoms with E-state index in [-0.39, 0.29) is 16.4 Å². The van der Waals surface area contributed by atoms with Gasteiger partial charge in [0.25, 0.3) is 16.0 Å². The minimum Gasteiger partial charge on any atom is -0.367 e. The second-order valence-corrected chi connectivity index (χ2v) is 7.04. The lowest BCUT2D eigenvalue weighted by atomic mass is 10.1. The second-order valence-electron chi connectivity index (χ2n) is 5.62. The summed E-state index contributed by atoms with van der Waals surface area (Å²) in [5, 5.41) is 17.5. The Morgan fingerprint density at radius 1 is 1.24 bits per heavy atom.